The zero-order valence-electron chi connectivity index (χ0n) is 10.8. The van der Waals surface area contributed by atoms with Crippen LogP contribution in [0.15, 0.2) is 40.2 Å². The molecule has 96 valence electrons. The van der Waals surface area contributed by atoms with Gasteiger partial charge in [-0.15, -0.1) is 11.3 Å². The first-order chi connectivity index (χ1) is 8.39. The van der Waals surface area contributed by atoms with Crippen LogP contribution in [0.1, 0.15) is 42.9 Å². The first-order valence-corrected chi connectivity index (χ1v) is 7.58. The van der Waals surface area contributed by atoms with E-state index in [0.29, 0.717) is 0 Å². The maximum atomic E-state index is 10.3. The zero-order chi connectivity index (χ0) is 13.3. The highest BCUT2D eigenvalue weighted by atomic mass is 79.9. The van der Waals surface area contributed by atoms with Crippen LogP contribution in [0.2, 0.25) is 0 Å². The van der Waals surface area contributed by atoms with Gasteiger partial charge < -0.3 is 5.11 Å². The molecule has 1 unspecified atom stereocenters. The molecule has 0 fully saturated rings. The van der Waals surface area contributed by atoms with Crippen molar-refractivity contribution in [3.8, 4) is 0 Å². The maximum absolute atomic E-state index is 10.3. The fourth-order valence-electron chi connectivity index (χ4n) is 1.82. The van der Waals surface area contributed by atoms with Crippen LogP contribution >= 0.6 is 27.3 Å². The molecule has 2 rings (SSSR count). The molecule has 0 bridgehead atoms. The number of halogens is 1. The Kier molecular flexibility index (Phi) is 3.95. The minimum Gasteiger partial charge on any atom is -0.383 e. The molecule has 2 aromatic rings. The third-order valence-electron chi connectivity index (χ3n) is 2.99. The van der Waals surface area contributed by atoms with Gasteiger partial charge in [-0.1, -0.05) is 45.0 Å². The van der Waals surface area contributed by atoms with Gasteiger partial charge in [0.05, 0.1) is 4.88 Å². The number of thiophene rings is 1. The summed E-state index contributed by atoms with van der Waals surface area (Å²) in [7, 11) is 0. The molecule has 18 heavy (non-hydrogen) atoms. The zero-order valence-corrected chi connectivity index (χ0v) is 13.2. The first kappa shape index (κ1) is 13.8. The van der Waals surface area contributed by atoms with E-state index >= 15 is 0 Å². The highest BCUT2D eigenvalue weighted by Gasteiger charge is 2.17. The predicted molar refractivity (Wildman–Crippen MR) is 81.2 cm³/mol. The fourth-order valence-corrected chi connectivity index (χ4v) is 3.42. The van der Waals surface area contributed by atoms with Gasteiger partial charge in [-0.2, -0.15) is 0 Å². The van der Waals surface area contributed by atoms with Crippen molar-refractivity contribution in [2.45, 2.75) is 32.3 Å². The molecule has 1 aromatic carbocycles. The summed E-state index contributed by atoms with van der Waals surface area (Å²) in [6.07, 6.45) is -0.548. The Morgan fingerprint density at radius 1 is 1.11 bits per heavy atom. The highest BCUT2D eigenvalue weighted by molar-refractivity contribution is 9.10. The smallest absolute Gasteiger partial charge is 0.114 e. The predicted octanol–water partition coefficient (Wildman–Crippen LogP) is 4.89. The van der Waals surface area contributed by atoms with Crippen molar-refractivity contribution in [1.29, 1.82) is 0 Å². The van der Waals surface area contributed by atoms with E-state index < -0.39 is 6.10 Å². The van der Waals surface area contributed by atoms with Gasteiger partial charge in [0.2, 0.25) is 0 Å². The Morgan fingerprint density at radius 3 is 2.17 bits per heavy atom. The lowest BCUT2D eigenvalue weighted by atomic mass is 9.86. The van der Waals surface area contributed by atoms with Gasteiger partial charge in [-0.3, -0.25) is 0 Å². The molecule has 0 saturated carbocycles. The van der Waals surface area contributed by atoms with Crippen molar-refractivity contribution >= 4 is 27.3 Å². The van der Waals surface area contributed by atoms with Gasteiger partial charge in [-0.25, -0.2) is 0 Å². The van der Waals surface area contributed by atoms with Crippen molar-refractivity contribution in [1.82, 2.24) is 0 Å². The van der Waals surface area contributed by atoms with Crippen LogP contribution in [0.25, 0.3) is 0 Å². The van der Waals surface area contributed by atoms with E-state index in [0.717, 1.165) is 14.9 Å². The Hall–Kier alpha value is -0.640. The fraction of sp³-hybridized carbons (Fsp3) is 0.333. The lowest BCUT2D eigenvalue weighted by Gasteiger charge is -2.20. The number of aliphatic hydroxyl groups is 1. The van der Waals surface area contributed by atoms with Crippen LogP contribution in [0, 0.1) is 0 Å². The summed E-state index contributed by atoms with van der Waals surface area (Å²) in [6.45, 7) is 6.57. The maximum Gasteiger partial charge on any atom is 0.114 e. The van der Waals surface area contributed by atoms with Crippen LogP contribution in [0.4, 0.5) is 0 Å². The molecule has 1 aromatic heterocycles. The quantitative estimate of drug-likeness (QED) is 0.833. The van der Waals surface area contributed by atoms with E-state index in [1.807, 2.05) is 23.6 Å². The molecule has 0 spiro atoms. The Morgan fingerprint density at radius 2 is 1.72 bits per heavy atom. The average Bonchev–Trinajstić information content (AvgIpc) is 2.73. The van der Waals surface area contributed by atoms with Crippen molar-refractivity contribution < 1.29 is 5.11 Å². The third-order valence-corrected chi connectivity index (χ3v) is 4.91. The van der Waals surface area contributed by atoms with Crippen molar-refractivity contribution in [3.05, 3.63) is 56.2 Å². The van der Waals surface area contributed by atoms with Gasteiger partial charge in [0.1, 0.15) is 6.10 Å². The summed E-state index contributed by atoms with van der Waals surface area (Å²) in [5.74, 6) is 0. The topological polar surface area (TPSA) is 20.2 Å². The third kappa shape index (κ3) is 2.85. The second-order valence-corrected chi connectivity index (χ2v) is 7.21. The Balaban J connectivity index is 2.28. The molecule has 1 nitrogen and oxygen atoms in total. The molecule has 0 saturated heterocycles. The number of hydrogen-bond donors (Lipinski definition) is 1. The Bertz CT molecular complexity index is 522. The van der Waals surface area contributed by atoms with E-state index in [1.54, 1.807) is 11.3 Å². The SMILES string of the molecule is CC(C)(C)c1ccc(C(O)c2sccc2Br)cc1. The van der Waals surface area contributed by atoms with Crippen molar-refractivity contribution in [3.63, 3.8) is 0 Å². The first-order valence-electron chi connectivity index (χ1n) is 5.91. The van der Waals surface area contributed by atoms with Gasteiger partial charge >= 0.3 is 0 Å². The largest absolute Gasteiger partial charge is 0.383 e. The lowest BCUT2D eigenvalue weighted by molar-refractivity contribution is 0.223. The number of benzene rings is 1. The molecule has 0 aliphatic carbocycles. The Labute approximate surface area is 121 Å². The van der Waals surface area contributed by atoms with E-state index in [-0.39, 0.29) is 5.41 Å². The molecule has 0 aliphatic heterocycles. The van der Waals surface area contributed by atoms with Gasteiger partial charge in [0.15, 0.2) is 0 Å². The van der Waals surface area contributed by atoms with E-state index in [2.05, 4.69) is 48.8 Å². The minimum atomic E-state index is -0.548. The molecule has 1 atom stereocenters. The standard InChI is InChI=1S/C15H17BrOS/c1-15(2,3)11-6-4-10(5-7-11)13(17)14-12(16)8-9-18-14/h4-9,13,17H,1-3H3. The summed E-state index contributed by atoms with van der Waals surface area (Å²) in [5, 5.41) is 12.3. The van der Waals surface area contributed by atoms with E-state index in [4.69, 9.17) is 0 Å². The average molecular weight is 325 g/mol. The van der Waals surface area contributed by atoms with Crippen LogP contribution < -0.4 is 0 Å². The number of aliphatic hydroxyl groups excluding tert-OH is 1. The second-order valence-electron chi connectivity index (χ2n) is 5.41. The van der Waals surface area contributed by atoms with Crippen LogP contribution in [0.5, 0.6) is 0 Å². The summed E-state index contributed by atoms with van der Waals surface area (Å²) >= 11 is 5.03. The summed E-state index contributed by atoms with van der Waals surface area (Å²) in [6, 6.07) is 10.2. The van der Waals surface area contributed by atoms with Crippen molar-refractivity contribution in [2.24, 2.45) is 0 Å². The van der Waals surface area contributed by atoms with Gasteiger partial charge in [0, 0.05) is 4.47 Å². The molecule has 0 amide bonds. The molecule has 1 N–H and O–H groups in total. The van der Waals surface area contributed by atoms with E-state index in [1.165, 1.54) is 5.56 Å². The second kappa shape index (κ2) is 5.16. The molecule has 0 radical (unpaired) electrons. The van der Waals surface area contributed by atoms with Crippen LogP contribution in [-0.4, -0.2) is 5.11 Å². The molecule has 0 aliphatic rings. The normalized spacial score (nSPS) is 13.6. The summed E-state index contributed by atoms with van der Waals surface area (Å²) in [4.78, 5) is 0.957. The monoisotopic (exact) mass is 324 g/mol. The highest BCUT2D eigenvalue weighted by Crippen LogP contribution is 2.33. The lowest BCUT2D eigenvalue weighted by Crippen LogP contribution is -2.11. The van der Waals surface area contributed by atoms with E-state index in [9.17, 15) is 5.11 Å². The summed E-state index contributed by atoms with van der Waals surface area (Å²) in [5.41, 5.74) is 2.36. The molecular weight excluding hydrogens is 308 g/mol. The van der Waals surface area contributed by atoms with Crippen LogP contribution in [0.3, 0.4) is 0 Å². The van der Waals surface area contributed by atoms with Gasteiger partial charge in [-0.05, 0) is 43.9 Å². The minimum absolute atomic E-state index is 0.146. The van der Waals surface area contributed by atoms with Crippen LogP contribution in [-0.2, 0) is 5.41 Å². The van der Waals surface area contributed by atoms with Crippen molar-refractivity contribution in [2.75, 3.05) is 0 Å². The van der Waals surface area contributed by atoms with Gasteiger partial charge in [0.25, 0.3) is 0 Å². The molecular formula is C15H17BrOS. The number of rotatable bonds is 2. The molecule has 3 heteroatoms. The summed E-state index contributed by atoms with van der Waals surface area (Å²) < 4.78 is 0.972. The number of hydrogen-bond acceptors (Lipinski definition) is 2. The molecule has 1 heterocycles.